The summed E-state index contributed by atoms with van der Waals surface area (Å²) in [5, 5.41) is 0. The molecule has 0 radical (unpaired) electrons. The smallest absolute Gasteiger partial charge is 0.123 e. The van der Waals surface area contributed by atoms with Gasteiger partial charge >= 0.3 is 0 Å². The highest BCUT2D eigenvalue weighted by molar-refractivity contribution is 5.47. The molecular formula is C17H28N2O. The van der Waals surface area contributed by atoms with Crippen LogP contribution in [0.25, 0.3) is 0 Å². The number of nitrogen functional groups attached to an aromatic ring is 1. The second-order valence-corrected chi connectivity index (χ2v) is 6.33. The van der Waals surface area contributed by atoms with E-state index in [4.69, 9.17) is 10.5 Å². The summed E-state index contributed by atoms with van der Waals surface area (Å²) in [6.07, 6.45) is 5.40. The van der Waals surface area contributed by atoms with Crippen molar-refractivity contribution in [3.05, 3.63) is 23.8 Å². The third-order valence-corrected chi connectivity index (χ3v) is 4.12. The first kappa shape index (κ1) is 15.2. The largest absolute Gasteiger partial charge is 0.496 e. The van der Waals surface area contributed by atoms with Crippen molar-refractivity contribution >= 4 is 5.69 Å². The number of nitrogens with two attached hydrogens (primary N) is 1. The van der Waals surface area contributed by atoms with E-state index >= 15 is 0 Å². The molecule has 2 N–H and O–H groups in total. The van der Waals surface area contributed by atoms with Gasteiger partial charge in [0, 0.05) is 30.4 Å². The molecule has 1 aromatic carbocycles. The van der Waals surface area contributed by atoms with Gasteiger partial charge in [-0.15, -0.1) is 0 Å². The molecule has 0 aliphatic heterocycles. The molecule has 2 rings (SSSR count). The van der Waals surface area contributed by atoms with Crippen molar-refractivity contribution in [2.45, 2.75) is 52.1 Å². The van der Waals surface area contributed by atoms with Gasteiger partial charge in [-0.2, -0.15) is 0 Å². The van der Waals surface area contributed by atoms with E-state index in [1.807, 2.05) is 12.1 Å². The van der Waals surface area contributed by atoms with E-state index in [9.17, 15) is 0 Å². The SMILES string of the molecule is COc1ccc(N)cc1CN(CC(C)C)C1CCCC1. The molecule has 20 heavy (non-hydrogen) atoms. The van der Waals surface area contributed by atoms with Crippen LogP contribution in [0.1, 0.15) is 45.1 Å². The molecule has 112 valence electrons. The number of methoxy groups -OCH3 is 1. The van der Waals surface area contributed by atoms with Gasteiger partial charge in [-0.1, -0.05) is 26.7 Å². The number of benzene rings is 1. The molecule has 0 bridgehead atoms. The van der Waals surface area contributed by atoms with Crippen molar-refractivity contribution in [2.75, 3.05) is 19.4 Å². The van der Waals surface area contributed by atoms with E-state index in [2.05, 4.69) is 24.8 Å². The van der Waals surface area contributed by atoms with Crippen LogP contribution in [0.2, 0.25) is 0 Å². The monoisotopic (exact) mass is 276 g/mol. The van der Waals surface area contributed by atoms with Crippen LogP contribution in [0.5, 0.6) is 5.75 Å². The van der Waals surface area contributed by atoms with Gasteiger partial charge in [0.25, 0.3) is 0 Å². The van der Waals surface area contributed by atoms with Crippen molar-refractivity contribution in [1.82, 2.24) is 4.90 Å². The van der Waals surface area contributed by atoms with Crippen LogP contribution in [0.3, 0.4) is 0 Å². The van der Waals surface area contributed by atoms with Crippen LogP contribution in [0.15, 0.2) is 18.2 Å². The maximum absolute atomic E-state index is 5.94. The van der Waals surface area contributed by atoms with E-state index in [1.165, 1.54) is 31.2 Å². The quantitative estimate of drug-likeness (QED) is 0.806. The van der Waals surface area contributed by atoms with Gasteiger partial charge in [0.05, 0.1) is 7.11 Å². The summed E-state index contributed by atoms with van der Waals surface area (Å²) >= 11 is 0. The molecule has 1 aromatic rings. The van der Waals surface area contributed by atoms with Gasteiger partial charge in [-0.25, -0.2) is 0 Å². The van der Waals surface area contributed by atoms with Gasteiger partial charge in [0.2, 0.25) is 0 Å². The van der Waals surface area contributed by atoms with Crippen LogP contribution in [0, 0.1) is 5.92 Å². The summed E-state index contributed by atoms with van der Waals surface area (Å²) in [6.45, 7) is 6.66. The third kappa shape index (κ3) is 3.89. The van der Waals surface area contributed by atoms with Crippen LogP contribution in [0.4, 0.5) is 5.69 Å². The molecule has 0 unspecified atom stereocenters. The molecule has 0 heterocycles. The zero-order valence-electron chi connectivity index (χ0n) is 13.1. The Kier molecular flexibility index (Phi) is 5.30. The molecule has 1 aliphatic rings. The number of anilines is 1. The standard InChI is InChI=1S/C17H28N2O/c1-13(2)11-19(16-6-4-5-7-16)12-14-10-15(18)8-9-17(14)20-3/h8-10,13,16H,4-7,11-12,18H2,1-3H3. The van der Waals surface area contributed by atoms with E-state index in [0.717, 1.165) is 30.6 Å². The summed E-state index contributed by atoms with van der Waals surface area (Å²) in [7, 11) is 1.73. The van der Waals surface area contributed by atoms with Gasteiger partial charge in [-0.3, -0.25) is 4.90 Å². The van der Waals surface area contributed by atoms with Gasteiger partial charge in [0.1, 0.15) is 5.75 Å². The fraction of sp³-hybridized carbons (Fsp3) is 0.647. The van der Waals surface area contributed by atoms with Gasteiger partial charge in [-0.05, 0) is 37.0 Å². The van der Waals surface area contributed by atoms with E-state index in [1.54, 1.807) is 7.11 Å². The van der Waals surface area contributed by atoms with Crippen molar-refractivity contribution < 1.29 is 4.74 Å². The lowest BCUT2D eigenvalue weighted by Crippen LogP contribution is -2.35. The van der Waals surface area contributed by atoms with Crippen molar-refractivity contribution in [2.24, 2.45) is 5.92 Å². The predicted molar refractivity (Wildman–Crippen MR) is 84.9 cm³/mol. The Labute approximate surface area is 123 Å². The second kappa shape index (κ2) is 6.98. The Morgan fingerprint density at radius 3 is 2.60 bits per heavy atom. The van der Waals surface area contributed by atoms with Crippen molar-refractivity contribution in [3.8, 4) is 5.75 Å². The minimum absolute atomic E-state index is 0.683. The molecule has 1 fully saturated rings. The lowest BCUT2D eigenvalue weighted by molar-refractivity contribution is 0.167. The summed E-state index contributed by atoms with van der Waals surface area (Å²) in [6, 6.07) is 6.67. The molecule has 3 nitrogen and oxygen atoms in total. The maximum atomic E-state index is 5.94. The average molecular weight is 276 g/mol. The Morgan fingerprint density at radius 1 is 1.30 bits per heavy atom. The van der Waals surface area contributed by atoms with E-state index in [-0.39, 0.29) is 0 Å². The summed E-state index contributed by atoms with van der Waals surface area (Å²) in [5.41, 5.74) is 7.96. The Balaban J connectivity index is 2.15. The van der Waals surface area contributed by atoms with Gasteiger partial charge < -0.3 is 10.5 Å². The highest BCUT2D eigenvalue weighted by Crippen LogP contribution is 2.29. The molecule has 1 saturated carbocycles. The van der Waals surface area contributed by atoms with Crippen LogP contribution in [-0.2, 0) is 6.54 Å². The number of ether oxygens (including phenoxy) is 1. The zero-order chi connectivity index (χ0) is 14.5. The lowest BCUT2D eigenvalue weighted by atomic mass is 10.1. The first-order valence-corrected chi connectivity index (χ1v) is 7.76. The first-order chi connectivity index (χ1) is 9.60. The highest BCUT2D eigenvalue weighted by Gasteiger charge is 2.24. The highest BCUT2D eigenvalue weighted by atomic mass is 16.5. The number of hydrogen-bond donors (Lipinski definition) is 1. The fourth-order valence-corrected chi connectivity index (χ4v) is 3.22. The average Bonchev–Trinajstić information content (AvgIpc) is 2.91. The van der Waals surface area contributed by atoms with Crippen molar-refractivity contribution in [1.29, 1.82) is 0 Å². The number of rotatable bonds is 6. The summed E-state index contributed by atoms with van der Waals surface area (Å²) in [4.78, 5) is 2.62. The molecule has 3 heteroatoms. The molecule has 0 atom stereocenters. The maximum Gasteiger partial charge on any atom is 0.123 e. The van der Waals surface area contributed by atoms with Crippen LogP contribution in [-0.4, -0.2) is 24.6 Å². The first-order valence-electron chi connectivity index (χ1n) is 7.76. The van der Waals surface area contributed by atoms with Crippen molar-refractivity contribution in [3.63, 3.8) is 0 Å². The molecular weight excluding hydrogens is 248 g/mol. The minimum Gasteiger partial charge on any atom is -0.496 e. The minimum atomic E-state index is 0.683. The number of nitrogens with zero attached hydrogens (tertiary/aromatic N) is 1. The topological polar surface area (TPSA) is 38.5 Å². The molecule has 0 amide bonds. The van der Waals surface area contributed by atoms with E-state index < -0.39 is 0 Å². The summed E-state index contributed by atoms with van der Waals surface area (Å²) in [5.74, 6) is 1.63. The third-order valence-electron chi connectivity index (χ3n) is 4.12. The Bertz CT molecular complexity index is 425. The fourth-order valence-electron chi connectivity index (χ4n) is 3.22. The molecule has 0 saturated heterocycles. The zero-order valence-corrected chi connectivity index (χ0v) is 13.1. The molecule has 1 aliphatic carbocycles. The Morgan fingerprint density at radius 2 is 2.00 bits per heavy atom. The predicted octanol–water partition coefficient (Wildman–Crippen LogP) is 3.68. The molecule has 0 spiro atoms. The second-order valence-electron chi connectivity index (χ2n) is 6.33. The lowest BCUT2D eigenvalue weighted by Gasteiger charge is -2.31. The normalized spacial score (nSPS) is 16.2. The number of hydrogen-bond acceptors (Lipinski definition) is 3. The summed E-state index contributed by atoms with van der Waals surface area (Å²) < 4.78 is 5.49. The van der Waals surface area contributed by atoms with E-state index in [0.29, 0.717) is 5.92 Å². The molecule has 0 aromatic heterocycles. The van der Waals surface area contributed by atoms with Crippen LogP contribution >= 0.6 is 0 Å². The Hall–Kier alpha value is -1.22. The van der Waals surface area contributed by atoms with Gasteiger partial charge in [0.15, 0.2) is 0 Å². The van der Waals surface area contributed by atoms with Crippen LogP contribution < -0.4 is 10.5 Å².